The summed E-state index contributed by atoms with van der Waals surface area (Å²) in [5.41, 5.74) is 6.46. The van der Waals surface area contributed by atoms with E-state index in [4.69, 9.17) is 15.2 Å². The van der Waals surface area contributed by atoms with E-state index in [1.807, 2.05) is 10.4 Å². The third-order valence-electron chi connectivity index (χ3n) is 5.33. The van der Waals surface area contributed by atoms with Crippen molar-refractivity contribution in [1.29, 1.82) is 0 Å². The maximum atomic E-state index is 11.6. The Morgan fingerprint density at radius 3 is 2.60 bits per heavy atom. The number of nitrogen functional groups attached to an aromatic ring is 1. The van der Waals surface area contributed by atoms with Crippen LogP contribution in [0.5, 0.6) is 6.01 Å². The molecule has 162 valence electrons. The van der Waals surface area contributed by atoms with Crippen LogP contribution in [-0.4, -0.2) is 81.0 Å². The SMILES string of the molecule is C[S+]([O-])N1CCC(COc2nc(-c3ccc(N)nc3)nc(N3CCOCC3)n2)CC1. The molecule has 2 saturated heterocycles. The fraction of sp³-hybridized carbons (Fsp3) is 0.579. The molecule has 0 radical (unpaired) electrons. The summed E-state index contributed by atoms with van der Waals surface area (Å²) >= 11 is -0.910. The van der Waals surface area contributed by atoms with Crippen LogP contribution in [0.25, 0.3) is 11.4 Å². The highest BCUT2D eigenvalue weighted by atomic mass is 32.2. The molecule has 0 amide bonds. The highest BCUT2D eigenvalue weighted by molar-refractivity contribution is 7.88. The third kappa shape index (κ3) is 5.28. The largest absolute Gasteiger partial charge is 0.598 e. The predicted molar refractivity (Wildman–Crippen MR) is 114 cm³/mol. The first-order valence-corrected chi connectivity index (χ1v) is 11.6. The Hall–Kier alpha value is -2.21. The maximum Gasteiger partial charge on any atom is 0.321 e. The molecule has 1 unspecified atom stereocenters. The molecule has 0 aliphatic carbocycles. The first kappa shape index (κ1) is 21.0. The fourth-order valence-corrected chi connectivity index (χ4v) is 4.23. The van der Waals surface area contributed by atoms with Crippen molar-refractivity contribution in [2.24, 2.45) is 5.92 Å². The number of hydrogen-bond donors (Lipinski definition) is 1. The van der Waals surface area contributed by atoms with Crippen LogP contribution in [0.3, 0.4) is 0 Å². The highest BCUT2D eigenvalue weighted by Crippen LogP contribution is 2.23. The average molecular weight is 434 g/mol. The van der Waals surface area contributed by atoms with Crippen LogP contribution < -0.4 is 15.4 Å². The molecule has 0 spiro atoms. The molecule has 11 heteroatoms. The second-order valence-electron chi connectivity index (χ2n) is 7.42. The van der Waals surface area contributed by atoms with Gasteiger partial charge in [0.2, 0.25) is 5.95 Å². The van der Waals surface area contributed by atoms with Crippen molar-refractivity contribution in [3.63, 3.8) is 0 Å². The lowest BCUT2D eigenvalue weighted by Gasteiger charge is -2.30. The van der Waals surface area contributed by atoms with Gasteiger partial charge in [-0.15, -0.1) is 4.31 Å². The number of anilines is 2. The number of nitrogens with two attached hydrogens (primary N) is 1. The van der Waals surface area contributed by atoms with Crippen molar-refractivity contribution in [3.8, 4) is 17.4 Å². The number of pyridine rings is 1. The van der Waals surface area contributed by atoms with Crippen LogP contribution in [0, 0.1) is 5.92 Å². The van der Waals surface area contributed by atoms with Crippen LogP contribution >= 0.6 is 0 Å². The molecule has 1 atom stereocenters. The van der Waals surface area contributed by atoms with Gasteiger partial charge in [0.25, 0.3) is 0 Å². The number of piperidine rings is 1. The molecule has 2 N–H and O–H groups in total. The highest BCUT2D eigenvalue weighted by Gasteiger charge is 2.25. The molecule has 30 heavy (non-hydrogen) atoms. The summed E-state index contributed by atoms with van der Waals surface area (Å²) in [5, 5.41) is 0. The minimum Gasteiger partial charge on any atom is -0.598 e. The number of aromatic nitrogens is 4. The van der Waals surface area contributed by atoms with Crippen LogP contribution in [0.2, 0.25) is 0 Å². The van der Waals surface area contributed by atoms with Crippen molar-refractivity contribution in [2.45, 2.75) is 12.8 Å². The van der Waals surface area contributed by atoms with Gasteiger partial charge >= 0.3 is 6.01 Å². The van der Waals surface area contributed by atoms with Gasteiger partial charge in [0.05, 0.1) is 19.8 Å². The second-order valence-corrected chi connectivity index (χ2v) is 8.78. The number of hydrogen-bond acceptors (Lipinski definition) is 10. The fourth-order valence-electron chi connectivity index (χ4n) is 3.51. The van der Waals surface area contributed by atoms with Gasteiger partial charge in [0.15, 0.2) is 5.82 Å². The van der Waals surface area contributed by atoms with Gasteiger partial charge < -0.3 is 24.7 Å². The normalized spacial score (nSPS) is 19.6. The zero-order chi connectivity index (χ0) is 20.9. The van der Waals surface area contributed by atoms with Crippen LogP contribution in [-0.2, 0) is 16.1 Å². The Morgan fingerprint density at radius 2 is 1.93 bits per heavy atom. The summed E-state index contributed by atoms with van der Waals surface area (Å²) in [4.78, 5) is 19.9. The van der Waals surface area contributed by atoms with Gasteiger partial charge in [-0.25, -0.2) is 4.98 Å². The Kier molecular flexibility index (Phi) is 6.82. The molecule has 0 saturated carbocycles. The topological polar surface area (TPSA) is 126 Å². The zero-order valence-corrected chi connectivity index (χ0v) is 17.9. The summed E-state index contributed by atoms with van der Waals surface area (Å²) < 4.78 is 25.0. The maximum absolute atomic E-state index is 11.6. The molecular weight excluding hydrogens is 406 g/mol. The number of rotatable bonds is 6. The Labute approximate surface area is 179 Å². The van der Waals surface area contributed by atoms with Crippen molar-refractivity contribution in [1.82, 2.24) is 24.2 Å². The van der Waals surface area contributed by atoms with Gasteiger partial charge in [-0.2, -0.15) is 15.0 Å². The Morgan fingerprint density at radius 1 is 1.17 bits per heavy atom. The minimum absolute atomic E-state index is 0.305. The number of nitrogens with zero attached hydrogens (tertiary/aromatic N) is 6. The van der Waals surface area contributed by atoms with Crippen LogP contribution in [0.1, 0.15) is 12.8 Å². The van der Waals surface area contributed by atoms with Crippen molar-refractivity contribution >= 4 is 23.1 Å². The Balaban J connectivity index is 1.49. The van der Waals surface area contributed by atoms with E-state index in [2.05, 4.69) is 24.8 Å². The number of ether oxygens (including phenoxy) is 2. The van der Waals surface area contributed by atoms with Gasteiger partial charge in [-0.1, -0.05) is 0 Å². The molecule has 2 aromatic rings. The third-order valence-corrected chi connectivity index (χ3v) is 6.42. The predicted octanol–water partition coefficient (Wildman–Crippen LogP) is 0.737. The van der Waals surface area contributed by atoms with Crippen LogP contribution in [0.4, 0.5) is 11.8 Å². The molecule has 2 aromatic heterocycles. The molecule has 2 fully saturated rings. The van der Waals surface area contributed by atoms with Crippen molar-refractivity contribution in [2.75, 3.05) is 62.9 Å². The molecular formula is C19H27N7O3S. The van der Waals surface area contributed by atoms with Gasteiger partial charge in [0, 0.05) is 49.3 Å². The van der Waals surface area contributed by atoms with E-state index in [1.54, 1.807) is 18.5 Å². The number of morpholine rings is 1. The van der Waals surface area contributed by atoms with E-state index in [0.29, 0.717) is 49.3 Å². The van der Waals surface area contributed by atoms with Crippen molar-refractivity contribution < 1.29 is 14.0 Å². The summed E-state index contributed by atoms with van der Waals surface area (Å²) in [6.07, 6.45) is 5.26. The van der Waals surface area contributed by atoms with Crippen LogP contribution in [0.15, 0.2) is 18.3 Å². The van der Waals surface area contributed by atoms with E-state index in [1.165, 1.54) is 0 Å². The van der Waals surface area contributed by atoms with E-state index in [0.717, 1.165) is 44.6 Å². The summed E-state index contributed by atoms with van der Waals surface area (Å²) in [5.74, 6) is 1.91. The lowest BCUT2D eigenvalue weighted by atomic mass is 9.99. The summed E-state index contributed by atoms with van der Waals surface area (Å²) in [6.45, 7) is 4.86. The van der Waals surface area contributed by atoms with E-state index in [-0.39, 0.29) is 0 Å². The average Bonchev–Trinajstić information content (AvgIpc) is 2.79. The first-order chi connectivity index (χ1) is 14.6. The van der Waals surface area contributed by atoms with Crippen molar-refractivity contribution in [3.05, 3.63) is 18.3 Å². The zero-order valence-electron chi connectivity index (χ0n) is 17.1. The van der Waals surface area contributed by atoms with Gasteiger partial charge in [-0.05, 0) is 30.9 Å². The summed E-state index contributed by atoms with van der Waals surface area (Å²) in [6, 6.07) is 3.87. The lowest BCUT2D eigenvalue weighted by Crippen LogP contribution is -2.39. The Bertz CT molecular complexity index is 825. The molecule has 2 aliphatic rings. The first-order valence-electron chi connectivity index (χ1n) is 10.1. The standard InChI is InChI=1S/C19H27N7O3S/c1-30(27)26-6-4-14(5-7-26)13-29-19-23-17(15-2-3-16(20)21-12-15)22-18(24-19)25-8-10-28-11-9-25/h2-3,12,14H,4-11,13H2,1H3,(H2,20,21). The minimum atomic E-state index is -0.910. The molecule has 2 aliphatic heterocycles. The molecule has 10 nitrogen and oxygen atoms in total. The second kappa shape index (κ2) is 9.73. The van der Waals surface area contributed by atoms with Gasteiger partial charge in [0.1, 0.15) is 12.1 Å². The molecule has 4 rings (SSSR count). The van der Waals surface area contributed by atoms with E-state index >= 15 is 0 Å². The quantitative estimate of drug-likeness (QED) is 0.652. The van der Waals surface area contributed by atoms with Gasteiger partial charge in [-0.3, -0.25) is 0 Å². The van der Waals surface area contributed by atoms with E-state index in [9.17, 15) is 4.55 Å². The molecule has 0 bridgehead atoms. The molecule has 4 heterocycles. The molecule has 0 aromatic carbocycles. The lowest BCUT2D eigenvalue weighted by molar-refractivity contribution is 0.121. The smallest absolute Gasteiger partial charge is 0.321 e. The van der Waals surface area contributed by atoms with E-state index < -0.39 is 11.4 Å². The summed E-state index contributed by atoms with van der Waals surface area (Å²) in [7, 11) is 0. The monoisotopic (exact) mass is 433 g/mol.